The first-order valence-corrected chi connectivity index (χ1v) is 6.13. The van der Waals surface area contributed by atoms with Crippen LogP contribution in [0.25, 0.3) is 11.0 Å². The number of aryl methyl sites for hydroxylation is 1. The van der Waals surface area contributed by atoms with Crippen molar-refractivity contribution in [1.82, 2.24) is 9.55 Å². The van der Waals surface area contributed by atoms with Crippen LogP contribution in [0.15, 0.2) is 30.9 Å². The Labute approximate surface area is 101 Å². The lowest BCUT2D eigenvalue weighted by Crippen LogP contribution is -1.99. The van der Waals surface area contributed by atoms with E-state index >= 15 is 0 Å². The molecule has 1 heterocycles. The van der Waals surface area contributed by atoms with Crippen molar-refractivity contribution in [3.05, 3.63) is 42.2 Å². The molecular weight excluding hydrogens is 216 g/mol. The molecule has 0 spiro atoms. The van der Waals surface area contributed by atoms with Crippen LogP contribution in [0, 0.1) is 0 Å². The van der Waals surface area contributed by atoms with Crippen molar-refractivity contribution in [2.45, 2.75) is 25.6 Å². The van der Waals surface area contributed by atoms with Gasteiger partial charge in [0.05, 0.1) is 11.0 Å². The number of allylic oxidation sites excluding steroid dienone is 1. The monoisotopic (exact) mass is 232 g/mol. The fourth-order valence-electron chi connectivity index (χ4n) is 1.90. The first-order valence-electron chi connectivity index (χ1n) is 5.50. The van der Waals surface area contributed by atoms with Crippen LogP contribution in [0.2, 0.25) is 0 Å². The van der Waals surface area contributed by atoms with Gasteiger partial charge in [0.25, 0.3) is 0 Å². The summed E-state index contributed by atoms with van der Waals surface area (Å²) in [7, 11) is 0. The van der Waals surface area contributed by atoms with Gasteiger partial charge < -0.3 is 4.57 Å². The molecule has 2 rings (SSSR count). The zero-order valence-electron chi connectivity index (χ0n) is 9.48. The summed E-state index contributed by atoms with van der Waals surface area (Å²) < 4.78 is 2.16. The maximum absolute atomic E-state index is 4.60. The van der Waals surface area contributed by atoms with E-state index in [9.17, 15) is 0 Å². The molecule has 0 saturated heterocycles. The molecule has 0 atom stereocenters. The summed E-state index contributed by atoms with van der Waals surface area (Å²) in [6.07, 6.45) is 2.93. The molecule has 0 saturated carbocycles. The van der Waals surface area contributed by atoms with E-state index in [1.165, 1.54) is 11.1 Å². The smallest absolute Gasteiger partial charge is 0.119 e. The van der Waals surface area contributed by atoms with Gasteiger partial charge in [0.1, 0.15) is 5.82 Å². The molecule has 2 nitrogen and oxygen atoms in total. The van der Waals surface area contributed by atoms with Crippen molar-refractivity contribution in [2.75, 3.05) is 0 Å². The van der Waals surface area contributed by atoms with Gasteiger partial charge in [-0.3, -0.25) is 0 Å². The van der Waals surface area contributed by atoms with Crippen molar-refractivity contribution < 1.29 is 0 Å². The number of rotatable bonds is 4. The number of thiol groups is 1. The molecule has 0 radical (unpaired) electrons. The van der Waals surface area contributed by atoms with Crippen LogP contribution in [-0.2, 0) is 18.7 Å². The average molecular weight is 232 g/mol. The molecule has 16 heavy (non-hydrogen) atoms. The zero-order chi connectivity index (χ0) is 11.5. The minimum Gasteiger partial charge on any atom is -0.323 e. The van der Waals surface area contributed by atoms with E-state index in [0.717, 1.165) is 24.3 Å². The largest absolute Gasteiger partial charge is 0.323 e. The van der Waals surface area contributed by atoms with Crippen LogP contribution in [0.4, 0.5) is 0 Å². The van der Waals surface area contributed by atoms with Crippen molar-refractivity contribution >= 4 is 23.7 Å². The average Bonchev–Trinajstić information content (AvgIpc) is 2.67. The van der Waals surface area contributed by atoms with Crippen molar-refractivity contribution in [3.63, 3.8) is 0 Å². The minimum absolute atomic E-state index is 0.657. The second-order valence-electron chi connectivity index (χ2n) is 3.76. The summed E-state index contributed by atoms with van der Waals surface area (Å²) in [6, 6.07) is 6.45. The highest BCUT2D eigenvalue weighted by Gasteiger charge is 2.08. The minimum atomic E-state index is 0.657. The lowest BCUT2D eigenvalue weighted by Gasteiger charge is -2.03. The van der Waals surface area contributed by atoms with Crippen LogP contribution in [-0.4, -0.2) is 9.55 Å². The second kappa shape index (κ2) is 4.74. The van der Waals surface area contributed by atoms with E-state index in [1.807, 2.05) is 6.08 Å². The number of hydrogen-bond donors (Lipinski definition) is 1. The van der Waals surface area contributed by atoms with Gasteiger partial charge >= 0.3 is 0 Å². The maximum atomic E-state index is 4.60. The van der Waals surface area contributed by atoms with Gasteiger partial charge in [0.15, 0.2) is 0 Å². The van der Waals surface area contributed by atoms with Crippen molar-refractivity contribution in [1.29, 1.82) is 0 Å². The molecule has 0 aliphatic rings. The SMILES string of the molecule is C=CCn1c(CS)nc2cc(CC)ccc21. The summed E-state index contributed by atoms with van der Waals surface area (Å²) in [6.45, 7) is 6.72. The highest BCUT2D eigenvalue weighted by molar-refractivity contribution is 7.79. The Kier molecular flexibility index (Phi) is 3.34. The van der Waals surface area contributed by atoms with Gasteiger partial charge in [-0.25, -0.2) is 4.98 Å². The number of hydrogen-bond acceptors (Lipinski definition) is 2. The van der Waals surface area contributed by atoms with E-state index in [1.54, 1.807) is 0 Å². The quantitative estimate of drug-likeness (QED) is 0.633. The molecule has 0 unspecified atom stereocenters. The summed E-state index contributed by atoms with van der Waals surface area (Å²) in [5.41, 5.74) is 3.55. The number of nitrogens with zero attached hydrogens (tertiary/aromatic N) is 2. The van der Waals surface area contributed by atoms with E-state index in [4.69, 9.17) is 0 Å². The maximum Gasteiger partial charge on any atom is 0.119 e. The highest BCUT2D eigenvalue weighted by atomic mass is 32.1. The lowest BCUT2D eigenvalue weighted by atomic mass is 10.1. The number of imidazole rings is 1. The Bertz CT molecular complexity index is 514. The standard InChI is InChI=1S/C13H16N2S/c1-3-7-15-12-6-5-10(4-2)8-11(12)14-13(15)9-16/h3,5-6,8,16H,1,4,7,9H2,2H3. The molecule has 0 N–H and O–H groups in total. The number of benzene rings is 1. The molecule has 0 bridgehead atoms. The molecule has 84 valence electrons. The van der Waals surface area contributed by atoms with Crippen LogP contribution in [0.5, 0.6) is 0 Å². The molecule has 0 fully saturated rings. The normalized spacial score (nSPS) is 10.9. The zero-order valence-corrected chi connectivity index (χ0v) is 10.4. The third-order valence-corrected chi connectivity index (χ3v) is 3.04. The summed E-state index contributed by atoms with van der Waals surface area (Å²) in [4.78, 5) is 4.60. The first kappa shape index (κ1) is 11.3. The molecule has 1 aromatic heterocycles. The van der Waals surface area contributed by atoms with Crippen LogP contribution < -0.4 is 0 Å². The third-order valence-electron chi connectivity index (χ3n) is 2.75. The van der Waals surface area contributed by atoms with Gasteiger partial charge in [-0.1, -0.05) is 19.1 Å². The molecule has 0 aliphatic heterocycles. The molecule has 1 aromatic carbocycles. The third kappa shape index (κ3) is 1.87. The lowest BCUT2D eigenvalue weighted by molar-refractivity contribution is 0.802. The van der Waals surface area contributed by atoms with Gasteiger partial charge in [0, 0.05) is 12.3 Å². The van der Waals surface area contributed by atoms with E-state index in [-0.39, 0.29) is 0 Å². The van der Waals surface area contributed by atoms with Gasteiger partial charge in [0.2, 0.25) is 0 Å². The summed E-state index contributed by atoms with van der Waals surface area (Å²) in [5, 5.41) is 0. The van der Waals surface area contributed by atoms with E-state index in [2.05, 4.69) is 53.9 Å². The van der Waals surface area contributed by atoms with E-state index in [0.29, 0.717) is 5.75 Å². The fourth-order valence-corrected chi connectivity index (χ4v) is 2.14. The topological polar surface area (TPSA) is 17.8 Å². The summed E-state index contributed by atoms with van der Waals surface area (Å²) in [5.74, 6) is 1.66. The van der Waals surface area contributed by atoms with Crippen LogP contribution in [0.3, 0.4) is 0 Å². The predicted molar refractivity (Wildman–Crippen MR) is 72.0 cm³/mol. The molecule has 0 aliphatic carbocycles. The van der Waals surface area contributed by atoms with Gasteiger partial charge in [-0.2, -0.15) is 12.6 Å². The van der Waals surface area contributed by atoms with Crippen LogP contribution in [0.1, 0.15) is 18.3 Å². The number of fused-ring (bicyclic) bond motifs is 1. The molecule has 3 heteroatoms. The van der Waals surface area contributed by atoms with E-state index < -0.39 is 0 Å². The highest BCUT2D eigenvalue weighted by Crippen LogP contribution is 2.19. The molecular formula is C13H16N2S. The molecule has 2 aromatic rings. The Morgan fingerprint density at radius 1 is 1.50 bits per heavy atom. The fraction of sp³-hybridized carbons (Fsp3) is 0.308. The van der Waals surface area contributed by atoms with Crippen molar-refractivity contribution in [2.24, 2.45) is 0 Å². The Hall–Kier alpha value is -1.22. The Morgan fingerprint density at radius 3 is 2.94 bits per heavy atom. The first-order chi connectivity index (χ1) is 7.80. The second-order valence-corrected chi connectivity index (χ2v) is 4.08. The van der Waals surface area contributed by atoms with Gasteiger partial charge in [-0.15, -0.1) is 6.58 Å². The van der Waals surface area contributed by atoms with Crippen LogP contribution >= 0.6 is 12.6 Å². The Balaban J connectivity index is 2.62. The molecule has 0 amide bonds. The predicted octanol–water partition coefficient (Wildman–Crippen LogP) is 3.21. The van der Waals surface area contributed by atoms with Gasteiger partial charge in [-0.05, 0) is 24.1 Å². The number of aromatic nitrogens is 2. The Morgan fingerprint density at radius 2 is 2.31 bits per heavy atom. The van der Waals surface area contributed by atoms with Crippen molar-refractivity contribution in [3.8, 4) is 0 Å². The summed E-state index contributed by atoms with van der Waals surface area (Å²) >= 11 is 4.31.